The highest BCUT2D eigenvalue weighted by Gasteiger charge is 2.19. The van der Waals surface area contributed by atoms with Crippen molar-refractivity contribution in [2.24, 2.45) is 0 Å². The van der Waals surface area contributed by atoms with Gasteiger partial charge in [0.05, 0.1) is 6.54 Å². The van der Waals surface area contributed by atoms with Gasteiger partial charge in [0.1, 0.15) is 18.1 Å². The third-order valence-corrected chi connectivity index (χ3v) is 4.46. The van der Waals surface area contributed by atoms with Gasteiger partial charge in [0.25, 0.3) is 5.91 Å². The smallest absolute Gasteiger partial charge is 0.261 e. The molecular weight excluding hydrogens is 338 g/mol. The molecule has 0 aromatic heterocycles. The zero-order valence-corrected chi connectivity index (χ0v) is 17.0. The Hall–Kier alpha value is -2.49. The fourth-order valence-electron chi connectivity index (χ4n) is 2.95. The zero-order chi connectivity index (χ0) is 19.8. The van der Waals surface area contributed by atoms with E-state index < -0.39 is 6.10 Å². The van der Waals surface area contributed by atoms with Gasteiger partial charge in [-0.2, -0.15) is 0 Å². The van der Waals surface area contributed by atoms with Crippen LogP contribution in [0, 0.1) is 13.8 Å². The molecule has 2 rings (SSSR count). The SMILES string of the molecule is CCC(Oc1ccc(C)cc1C)C(=O)NCCOc1ccccc1C(C)C. The monoisotopic (exact) mass is 369 g/mol. The lowest BCUT2D eigenvalue weighted by Crippen LogP contribution is -2.39. The highest BCUT2D eigenvalue weighted by atomic mass is 16.5. The molecule has 0 fully saturated rings. The van der Waals surface area contributed by atoms with Gasteiger partial charge in [-0.25, -0.2) is 0 Å². The van der Waals surface area contributed by atoms with Gasteiger partial charge < -0.3 is 14.8 Å². The molecule has 1 amide bonds. The minimum Gasteiger partial charge on any atom is -0.491 e. The molecule has 1 N–H and O–H groups in total. The van der Waals surface area contributed by atoms with Crippen LogP contribution in [0.15, 0.2) is 42.5 Å². The van der Waals surface area contributed by atoms with Crippen molar-refractivity contribution in [2.75, 3.05) is 13.2 Å². The number of ether oxygens (including phenoxy) is 2. The molecule has 0 radical (unpaired) electrons. The second kappa shape index (κ2) is 10.0. The molecule has 0 spiro atoms. The number of amides is 1. The van der Waals surface area contributed by atoms with Gasteiger partial charge in [0.2, 0.25) is 0 Å². The lowest BCUT2D eigenvalue weighted by Gasteiger charge is -2.19. The van der Waals surface area contributed by atoms with Gasteiger partial charge in [-0.1, -0.05) is 56.7 Å². The van der Waals surface area contributed by atoms with Gasteiger partial charge in [-0.05, 0) is 49.4 Å². The van der Waals surface area contributed by atoms with Gasteiger partial charge in [-0.15, -0.1) is 0 Å². The van der Waals surface area contributed by atoms with Crippen molar-refractivity contribution in [1.29, 1.82) is 0 Å². The summed E-state index contributed by atoms with van der Waals surface area (Å²) in [7, 11) is 0. The van der Waals surface area contributed by atoms with Crippen molar-refractivity contribution in [3.63, 3.8) is 0 Å². The summed E-state index contributed by atoms with van der Waals surface area (Å²) in [5.74, 6) is 1.91. The predicted octanol–water partition coefficient (Wildman–Crippen LogP) is 4.78. The third kappa shape index (κ3) is 6.02. The molecule has 4 heteroatoms. The maximum Gasteiger partial charge on any atom is 0.261 e. The number of hydrogen-bond acceptors (Lipinski definition) is 3. The number of hydrogen-bond donors (Lipinski definition) is 1. The van der Waals surface area contributed by atoms with E-state index >= 15 is 0 Å². The molecule has 2 aromatic carbocycles. The summed E-state index contributed by atoms with van der Waals surface area (Å²) in [6.45, 7) is 11.1. The summed E-state index contributed by atoms with van der Waals surface area (Å²) in [6.07, 6.45) is 0.102. The van der Waals surface area contributed by atoms with Crippen LogP contribution in [0.4, 0.5) is 0 Å². The first kappa shape index (κ1) is 20.8. The molecule has 0 aliphatic heterocycles. The normalized spacial score (nSPS) is 11.9. The number of benzene rings is 2. The standard InChI is InChI=1S/C23H31NO3/c1-6-20(27-21-12-11-17(4)15-18(21)5)23(25)24-13-14-26-22-10-8-7-9-19(22)16(2)3/h7-12,15-16,20H,6,13-14H2,1-5H3,(H,24,25). The van der Waals surface area contributed by atoms with E-state index in [1.54, 1.807) is 0 Å². The van der Waals surface area contributed by atoms with Crippen LogP contribution >= 0.6 is 0 Å². The molecular formula is C23H31NO3. The molecule has 0 saturated heterocycles. The molecule has 0 heterocycles. The van der Waals surface area contributed by atoms with Crippen molar-refractivity contribution in [2.45, 2.75) is 53.1 Å². The van der Waals surface area contributed by atoms with E-state index in [1.165, 1.54) is 11.1 Å². The highest BCUT2D eigenvalue weighted by molar-refractivity contribution is 5.81. The van der Waals surface area contributed by atoms with Crippen LogP contribution in [0.25, 0.3) is 0 Å². The average Bonchev–Trinajstić information content (AvgIpc) is 2.64. The van der Waals surface area contributed by atoms with Gasteiger partial charge in [0, 0.05) is 0 Å². The number of carbonyl (C=O) groups excluding carboxylic acids is 1. The molecule has 146 valence electrons. The Balaban J connectivity index is 1.85. The Morgan fingerprint density at radius 1 is 1.07 bits per heavy atom. The van der Waals surface area contributed by atoms with Crippen LogP contribution in [-0.4, -0.2) is 25.2 Å². The van der Waals surface area contributed by atoms with Crippen molar-refractivity contribution < 1.29 is 14.3 Å². The minimum atomic E-state index is -0.505. The van der Waals surface area contributed by atoms with Crippen molar-refractivity contribution >= 4 is 5.91 Å². The molecule has 0 aliphatic rings. The molecule has 1 unspecified atom stereocenters. The Morgan fingerprint density at radius 2 is 1.81 bits per heavy atom. The minimum absolute atomic E-state index is 0.113. The molecule has 2 aromatic rings. The van der Waals surface area contributed by atoms with Gasteiger partial charge in [0.15, 0.2) is 6.10 Å². The van der Waals surface area contributed by atoms with Crippen molar-refractivity contribution in [3.05, 3.63) is 59.2 Å². The number of aryl methyl sites for hydroxylation is 2. The fourth-order valence-corrected chi connectivity index (χ4v) is 2.95. The van der Waals surface area contributed by atoms with E-state index in [9.17, 15) is 4.79 Å². The number of nitrogens with one attached hydrogen (secondary N) is 1. The summed E-state index contributed by atoms with van der Waals surface area (Å²) in [5.41, 5.74) is 3.39. The average molecular weight is 370 g/mol. The van der Waals surface area contributed by atoms with E-state index in [4.69, 9.17) is 9.47 Å². The van der Waals surface area contributed by atoms with Crippen LogP contribution < -0.4 is 14.8 Å². The van der Waals surface area contributed by atoms with E-state index in [0.29, 0.717) is 25.5 Å². The van der Waals surface area contributed by atoms with E-state index in [1.807, 2.05) is 51.1 Å². The molecule has 0 saturated carbocycles. The lowest BCUT2D eigenvalue weighted by atomic mass is 10.0. The van der Waals surface area contributed by atoms with Crippen LogP contribution in [0.5, 0.6) is 11.5 Å². The Labute approximate surface area is 162 Å². The molecule has 1 atom stereocenters. The first-order valence-electron chi connectivity index (χ1n) is 9.65. The number of carbonyl (C=O) groups is 1. The number of para-hydroxylation sites is 1. The van der Waals surface area contributed by atoms with Crippen molar-refractivity contribution in [1.82, 2.24) is 5.32 Å². The second-order valence-corrected chi connectivity index (χ2v) is 7.12. The summed E-state index contributed by atoms with van der Waals surface area (Å²) in [6, 6.07) is 14.0. The van der Waals surface area contributed by atoms with Gasteiger partial charge >= 0.3 is 0 Å². The largest absolute Gasteiger partial charge is 0.491 e. The van der Waals surface area contributed by atoms with Crippen LogP contribution in [0.1, 0.15) is 49.8 Å². The molecule has 4 nitrogen and oxygen atoms in total. The maximum absolute atomic E-state index is 12.5. The quantitative estimate of drug-likeness (QED) is 0.647. The topological polar surface area (TPSA) is 47.6 Å². The Bertz CT molecular complexity index is 755. The summed E-state index contributed by atoms with van der Waals surface area (Å²) in [4.78, 5) is 12.5. The van der Waals surface area contributed by atoms with Crippen LogP contribution in [0.2, 0.25) is 0 Å². The lowest BCUT2D eigenvalue weighted by molar-refractivity contribution is -0.128. The second-order valence-electron chi connectivity index (χ2n) is 7.12. The van der Waals surface area contributed by atoms with E-state index in [-0.39, 0.29) is 5.91 Å². The van der Waals surface area contributed by atoms with Crippen molar-refractivity contribution in [3.8, 4) is 11.5 Å². The molecule has 27 heavy (non-hydrogen) atoms. The summed E-state index contributed by atoms with van der Waals surface area (Å²) in [5, 5.41) is 2.91. The van der Waals surface area contributed by atoms with E-state index in [0.717, 1.165) is 17.1 Å². The maximum atomic E-state index is 12.5. The Kier molecular flexibility index (Phi) is 7.71. The summed E-state index contributed by atoms with van der Waals surface area (Å²) >= 11 is 0. The van der Waals surface area contributed by atoms with E-state index in [2.05, 4.69) is 31.3 Å². The first-order valence-corrected chi connectivity index (χ1v) is 9.65. The molecule has 0 bridgehead atoms. The number of rotatable bonds is 9. The Morgan fingerprint density at radius 3 is 2.48 bits per heavy atom. The van der Waals surface area contributed by atoms with Gasteiger partial charge in [-0.3, -0.25) is 4.79 Å². The fraction of sp³-hybridized carbons (Fsp3) is 0.435. The highest BCUT2D eigenvalue weighted by Crippen LogP contribution is 2.25. The predicted molar refractivity (Wildman–Crippen MR) is 110 cm³/mol. The van der Waals surface area contributed by atoms with Crippen LogP contribution in [0.3, 0.4) is 0 Å². The third-order valence-electron chi connectivity index (χ3n) is 4.46. The zero-order valence-electron chi connectivity index (χ0n) is 17.0. The summed E-state index contributed by atoms with van der Waals surface area (Å²) < 4.78 is 11.8. The first-order chi connectivity index (χ1) is 12.9. The van der Waals surface area contributed by atoms with Crippen LogP contribution in [-0.2, 0) is 4.79 Å². The molecule has 0 aliphatic carbocycles.